The molecule has 1 amide bonds. The lowest BCUT2D eigenvalue weighted by atomic mass is 9.94. The summed E-state index contributed by atoms with van der Waals surface area (Å²) in [6.45, 7) is 3.99. The van der Waals surface area contributed by atoms with Crippen LogP contribution < -0.4 is 15.4 Å². The molecule has 0 aliphatic carbocycles. The first kappa shape index (κ1) is 22.4. The van der Waals surface area contributed by atoms with E-state index in [1.165, 1.54) is 12.1 Å². The van der Waals surface area contributed by atoms with Crippen LogP contribution in [0.25, 0.3) is 0 Å². The molecule has 152 valence electrons. The third-order valence-electron chi connectivity index (χ3n) is 4.86. The van der Waals surface area contributed by atoms with Crippen molar-refractivity contribution in [3.8, 4) is 0 Å². The minimum Gasteiger partial charge on any atom is -0.348 e. The van der Waals surface area contributed by atoms with E-state index in [0.29, 0.717) is 11.5 Å². The lowest BCUT2D eigenvalue weighted by Crippen LogP contribution is -2.50. The molecule has 0 aromatic heterocycles. The van der Waals surface area contributed by atoms with Crippen molar-refractivity contribution >= 4 is 28.3 Å². The average molecular weight is 424 g/mol. The van der Waals surface area contributed by atoms with Crippen molar-refractivity contribution in [3.05, 3.63) is 65.7 Å². The molecule has 0 radical (unpaired) electrons. The summed E-state index contributed by atoms with van der Waals surface area (Å²) in [5.41, 5.74) is 1.21. The van der Waals surface area contributed by atoms with Crippen molar-refractivity contribution in [2.75, 3.05) is 13.1 Å². The molecule has 1 fully saturated rings. The number of benzene rings is 2. The Labute approximate surface area is 172 Å². The predicted octanol–water partition coefficient (Wildman–Crippen LogP) is 2.31. The van der Waals surface area contributed by atoms with Crippen LogP contribution in [0.4, 0.5) is 0 Å². The second-order valence-electron chi connectivity index (χ2n) is 6.89. The molecule has 6 nitrogen and oxygen atoms in total. The smallest absolute Gasteiger partial charge is 0.251 e. The highest BCUT2D eigenvalue weighted by Crippen LogP contribution is 2.15. The molecule has 1 saturated heterocycles. The number of nitrogens with one attached hydrogen (secondary N) is 3. The summed E-state index contributed by atoms with van der Waals surface area (Å²) < 4.78 is 27.7. The average Bonchev–Trinajstić information content (AvgIpc) is 2.69. The van der Waals surface area contributed by atoms with Crippen LogP contribution in [0.5, 0.6) is 0 Å². The highest BCUT2D eigenvalue weighted by molar-refractivity contribution is 7.89. The topological polar surface area (TPSA) is 87.3 Å². The van der Waals surface area contributed by atoms with Gasteiger partial charge in [0.25, 0.3) is 5.91 Å². The lowest BCUT2D eigenvalue weighted by molar-refractivity contribution is 0.0915. The summed E-state index contributed by atoms with van der Waals surface area (Å²) in [6, 6.07) is 15.5. The number of carbonyl (C=O) groups is 1. The maximum Gasteiger partial charge on any atom is 0.251 e. The Balaban J connectivity index is 0.00000280. The van der Waals surface area contributed by atoms with Gasteiger partial charge in [0.2, 0.25) is 10.0 Å². The Bertz CT molecular complexity index is 891. The van der Waals surface area contributed by atoms with E-state index in [1.54, 1.807) is 12.1 Å². The Morgan fingerprint density at radius 3 is 2.61 bits per heavy atom. The molecule has 3 rings (SSSR count). The van der Waals surface area contributed by atoms with Gasteiger partial charge in [0.1, 0.15) is 0 Å². The maximum atomic E-state index is 12.6. The largest absolute Gasteiger partial charge is 0.348 e. The first-order chi connectivity index (χ1) is 13.0. The Kier molecular flexibility index (Phi) is 8.00. The van der Waals surface area contributed by atoms with Gasteiger partial charge >= 0.3 is 0 Å². The molecule has 0 saturated carbocycles. The fourth-order valence-corrected chi connectivity index (χ4v) is 4.16. The number of carbonyl (C=O) groups excluding carboxylic acids is 1. The van der Waals surface area contributed by atoms with Crippen molar-refractivity contribution < 1.29 is 13.2 Å². The van der Waals surface area contributed by atoms with Crippen LogP contribution >= 0.6 is 12.4 Å². The number of rotatable bonds is 6. The van der Waals surface area contributed by atoms with Crippen molar-refractivity contribution in [2.24, 2.45) is 5.92 Å². The summed E-state index contributed by atoms with van der Waals surface area (Å²) in [7, 11) is -3.70. The number of halogens is 1. The van der Waals surface area contributed by atoms with Crippen molar-refractivity contribution in [2.45, 2.75) is 30.8 Å². The zero-order valence-electron chi connectivity index (χ0n) is 15.7. The van der Waals surface area contributed by atoms with Gasteiger partial charge in [0, 0.05) is 24.7 Å². The van der Waals surface area contributed by atoms with Gasteiger partial charge in [-0.3, -0.25) is 4.79 Å². The minimum absolute atomic E-state index is 0. The van der Waals surface area contributed by atoms with Crippen molar-refractivity contribution in [3.63, 3.8) is 0 Å². The van der Waals surface area contributed by atoms with Crippen molar-refractivity contribution in [1.29, 1.82) is 0 Å². The van der Waals surface area contributed by atoms with Crippen LogP contribution in [-0.2, 0) is 16.6 Å². The molecule has 2 aromatic carbocycles. The third-order valence-corrected chi connectivity index (χ3v) is 6.26. The second kappa shape index (κ2) is 10.0. The summed E-state index contributed by atoms with van der Waals surface area (Å²) in [5, 5.41) is 6.27. The van der Waals surface area contributed by atoms with E-state index < -0.39 is 10.0 Å². The summed E-state index contributed by atoms with van der Waals surface area (Å²) in [5.74, 6) is 0.130. The van der Waals surface area contributed by atoms with Crippen LogP contribution in [0, 0.1) is 5.92 Å². The van der Waals surface area contributed by atoms with Crippen LogP contribution in [0.1, 0.15) is 29.3 Å². The zero-order chi connectivity index (χ0) is 19.3. The van der Waals surface area contributed by atoms with Gasteiger partial charge in [-0.1, -0.05) is 43.3 Å². The van der Waals surface area contributed by atoms with Gasteiger partial charge in [0.15, 0.2) is 0 Å². The molecule has 3 N–H and O–H groups in total. The first-order valence-electron chi connectivity index (χ1n) is 9.11. The fraction of sp³-hybridized carbons (Fsp3) is 0.350. The quantitative estimate of drug-likeness (QED) is 0.665. The number of piperidine rings is 1. The number of sulfonamides is 1. The van der Waals surface area contributed by atoms with E-state index in [1.807, 2.05) is 30.3 Å². The molecular formula is C20H26ClN3O3S. The second-order valence-corrected chi connectivity index (χ2v) is 8.65. The predicted molar refractivity (Wildman–Crippen MR) is 112 cm³/mol. The lowest BCUT2D eigenvalue weighted by Gasteiger charge is -2.30. The van der Waals surface area contributed by atoms with E-state index in [-0.39, 0.29) is 35.8 Å². The normalized spacial score (nSPS) is 19.5. The summed E-state index contributed by atoms with van der Waals surface area (Å²) in [6.07, 6.45) is 1.00. The van der Waals surface area contributed by atoms with Gasteiger partial charge < -0.3 is 10.6 Å². The first-order valence-corrected chi connectivity index (χ1v) is 10.6. The third kappa shape index (κ3) is 5.78. The molecule has 1 aliphatic heterocycles. The number of hydrogen-bond donors (Lipinski definition) is 3. The van der Waals surface area contributed by atoms with E-state index >= 15 is 0 Å². The molecule has 0 spiro atoms. The Hall–Kier alpha value is -1.93. The molecule has 1 heterocycles. The molecule has 2 unspecified atom stereocenters. The number of hydrogen-bond acceptors (Lipinski definition) is 4. The van der Waals surface area contributed by atoms with Crippen molar-refractivity contribution in [1.82, 2.24) is 15.4 Å². The van der Waals surface area contributed by atoms with Crippen LogP contribution in [0.15, 0.2) is 59.5 Å². The Morgan fingerprint density at radius 1 is 1.14 bits per heavy atom. The molecule has 2 atom stereocenters. The van der Waals surface area contributed by atoms with Gasteiger partial charge in [-0.15, -0.1) is 12.4 Å². The van der Waals surface area contributed by atoms with Gasteiger partial charge in [-0.05, 0) is 42.6 Å². The van der Waals surface area contributed by atoms with Crippen LogP contribution in [0.2, 0.25) is 0 Å². The highest BCUT2D eigenvalue weighted by Gasteiger charge is 2.23. The standard InChI is InChI=1S/C20H25N3O3S.ClH/c1-15-10-11-21-14-19(15)23-20(24)17-8-5-9-18(12-17)27(25,26)22-13-16-6-3-2-4-7-16;/h2-9,12,15,19,21-22H,10-11,13-14H2,1H3,(H,23,24);1H. The molecule has 2 aromatic rings. The molecule has 0 bridgehead atoms. The number of amides is 1. The monoisotopic (exact) mass is 423 g/mol. The molecule has 1 aliphatic rings. The van der Waals surface area contributed by atoms with Crippen LogP contribution in [-0.4, -0.2) is 33.5 Å². The fourth-order valence-electron chi connectivity index (χ4n) is 3.10. The van der Waals surface area contributed by atoms with Crippen LogP contribution in [0.3, 0.4) is 0 Å². The highest BCUT2D eigenvalue weighted by atomic mass is 35.5. The van der Waals surface area contributed by atoms with E-state index in [0.717, 1.165) is 25.1 Å². The van der Waals surface area contributed by atoms with E-state index in [2.05, 4.69) is 22.3 Å². The van der Waals surface area contributed by atoms with E-state index in [9.17, 15) is 13.2 Å². The summed E-state index contributed by atoms with van der Waals surface area (Å²) >= 11 is 0. The SMILES string of the molecule is CC1CCNCC1NC(=O)c1cccc(S(=O)(=O)NCc2ccccc2)c1.Cl. The maximum absolute atomic E-state index is 12.6. The van der Waals surface area contributed by atoms with Gasteiger partial charge in [-0.2, -0.15) is 0 Å². The molecular weight excluding hydrogens is 398 g/mol. The zero-order valence-corrected chi connectivity index (χ0v) is 17.4. The molecule has 8 heteroatoms. The van der Waals surface area contributed by atoms with E-state index in [4.69, 9.17) is 0 Å². The Morgan fingerprint density at radius 2 is 1.89 bits per heavy atom. The van der Waals surface area contributed by atoms with Gasteiger partial charge in [-0.25, -0.2) is 13.1 Å². The summed E-state index contributed by atoms with van der Waals surface area (Å²) in [4.78, 5) is 12.6. The van der Waals surface area contributed by atoms with Gasteiger partial charge in [0.05, 0.1) is 4.90 Å². The molecule has 28 heavy (non-hydrogen) atoms. The minimum atomic E-state index is -3.70.